The number of nitrogens with zero attached hydrogens (tertiary/aromatic N) is 2. The van der Waals surface area contributed by atoms with Gasteiger partial charge >= 0.3 is 5.97 Å². The van der Waals surface area contributed by atoms with Crippen molar-refractivity contribution in [3.05, 3.63) is 0 Å². The van der Waals surface area contributed by atoms with Gasteiger partial charge in [-0.15, -0.1) is 0 Å². The van der Waals surface area contributed by atoms with Crippen LogP contribution in [0.25, 0.3) is 0 Å². The Hall–Kier alpha value is -3.42. The number of hydrogen-bond donors (Lipinski definition) is 7. The summed E-state index contributed by atoms with van der Waals surface area (Å²) in [5, 5.41) is 14.1. The first kappa shape index (κ1) is 28.6. The molecule has 1 heterocycles. The van der Waals surface area contributed by atoms with Gasteiger partial charge in [-0.1, -0.05) is 13.8 Å². The van der Waals surface area contributed by atoms with Crippen molar-refractivity contribution in [2.24, 2.45) is 33.8 Å². The molecule has 1 rings (SSSR count). The average molecular weight is 485 g/mol. The Kier molecular flexibility index (Phi) is 11.2. The first-order valence-electron chi connectivity index (χ1n) is 11.1. The molecule has 0 saturated carbocycles. The minimum absolute atomic E-state index is 0.0729. The molecule has 14 heteroatoms. The van der Waals surface area contributed by atoms with Gasteiger partial charge in [-0.3, -0.25) is 24.2 Å². The highest BCUT2D eigenvalue weighted by Gasteiger charge is 2.38. The molecule has 14 nitrogen and oxygen atoms in total. The summed E-state index contributed by atoms with van der Waals surface area (Å²) in [6, 6.07) is -4.30. The van der Waals surface area contributed by atoms with E-state index in [0.29, 0.717) is 19.4 Å². The first-order valence-corrected chi connectivity index (χ1v) is 11.1. The number of carboxylic acid groups (broad SMARTS) is 1. The van der Waals surface area contributed by atoms with E-state index in [0.717, 1.165) is 0 Å². The number of rotatable bonds is 13. The SMILES string of the molecule is CC(C)C(N)C(=O)N1CCCC1C(=O)NC(CCCN=C(N)N)C(=O)NC(CC(N)=O)C(=O)O. The van der Waals surface area contributed by atoms with Crippen LogP contribution in [0.5, 0.6) is 0 Å². The fourth-order valence-corrected chi connectivity index (χ4v) is 3.49. The van der Waals surface area contributed by atoms with Gasteiger partial charge in [0.2, 0.25) is 23.6 Å². The predicted octanol–water partition coefficient (Wildman–Crippen LogP) is -3.06. The molecule has 4 amide bonds. The van der Waals surface area contributed by atoms with Crippen molar-refractivity contribution in [2.45, 2.75) is 70.1 Å². The summed E-state index contributed by atoms with van der Waals surface area (Å²) in [7, 11) is 0. The third-order valence-electron chi connectivity index (χ3n) is 5.44. The summed E-state index contributed by atoms with van der Waals surface area (Å²) in [4.78, 5) is 66.3. The van der Waals surface area contributed by atoms with Crippen LogP contribution in [0.4, 0.5) is 0 Å². The van der Waals surface area contributed by atoms with Crippen LogP contribution < -0.4 is 33.6 Å². The van der Waals surface area contributed by atoms with E-state index >= 15 is 0 Å². The minimum Gasteiger partial charge on any atom is -0.480 e. The smallest absolute Gasteiger partial charge is 0.326 e. The summed E-state index contributed by atoms with van der Waals surface area (Å²) in [6.07, 6.45) is 0.729. The lowest BCUT2D eigenvalue weighted by molar-refractivity contribution is -0.144. The molecule has 34 heavy (non-hydrogen) atoms. The zero-order valence-electron chi connectivity index (χ0n) is 19.5. The van der Waals surface area contributed by atoms with Crippen LogP contribution in [0.2, 0.25) is 0 Å². The number of guanidine groups is 1. The number of amides is 4. The van der Waals surface area contributed by atoms with E-state index in [-0.39, 0.29) is 37.2 Å². The van der Waals surface area contributed by atoms with Gasteiger partial charge in [0, 0.05) is 13.1 Å². The monoisotopic (exact) mass is 484 g/mol. The topological polar surface area (TPSA) is 249 Å². The molecule has 1 aliphatic heterocycles. The van der Waals surface area contributed by atoms with Gasteiger partial charge in [0.05, 0.1) is 12.5 Å². The number of aliphatic carboxylic acids is 1. The molecule has 1 fully saturated rings. The zero-order chi connectivity index (χ0) is 26.0. The van der Waals surface area contributed by atoms with Crippen molar-refractivity contribution < 1.29 is 29.1 Å². The fourth-order valence-electron chi connectivity index (χ4n) is 3.49. The van der Waals surface area contributed by atoms with Crippen molar-refractivity contribution in [1.29, 1.82) is 0 Å². The van der Waals surface area contributed by atoms with E-state index in [1.807, 2.05) is 0 Å². The first-order chi connectivity index (χ1) is 15.8. The predicted molar refractivity (Wildman–Crippen MR) is 123 cm³/mol. The third kappa shape index (κ3) is 8.84. The van der Waals surface area contributed by atoms with E-state index in [9.17, 15) is 29.1 Å². The van der Waals surface area contributed by atoms with Gasteiger partial charge < -0.3 is 43.6 Å². The molecule has 0 spiro atoms. The third-order valence-corrected chi connectivity index (χ3v) is 5.44. The van der Waals surface area contributed by atoms with Crippen molar-refractivity contribution >= 4 is 35.6 Å². The fraction of sp³-hybridized carbons (Fsp3) is 0.700. The summed E-state index contributed by atoms with van der Waals surface area (Å²) in [6.45, 7) is 4.13. The highest BCUT2D eigenvalue weighted by molar-refractivity contribution is 5.95. The molecule has 1 aliphatic rings. The number of nitrogens with one attached hydrogen (secondary N) is 2. The van der Waals surface area contributed by atoms with Crippen LogP contribution in [0.3, 0.4) is 0 Å². The molecule has 0 aliphatic carbocycles. The van der Waals surface area contributed by atoms with E-state index in [4.69, 9.17) is 22.9 Å². The number of primary amides is 1. The summed E-state index contributed by atoms with van der Waals surface area (Å²) < 4.78 is 0. The molecule has 1 saturated heterocycles. The second-order valence-corrected chi connectivity index (χ2v) is 8.54. The molecular weight excluding hydrogens is 448 g/mol. The number of likely N-dealkylation sites (tertiary alicyclic amines) is 1. The maximum Gasteiger partial charge on any atom is 0.326 e. The maximum absolute atomic E-state index is 13.0. The number of carboxylic acids is 1. The van der Waals surface area contributed by atoms with E-state index in [2.05, 4.69) is 15.6 Å². The zero-order valence-corrected chi connectivity index (χ0v) is 19.5. The Morgan fingerprint density at radius 3 is 2.26 bits per heavy atom. The van der Waals surface area contributed by atoms with Crippen molar-refractivity contribution in [1.82, 2.24) is 15.5 Å². The van der Waals surface area contributed by atoms with Crippen LogP contribution in [0, 0.1) is 5.92 Å². The highest BCUT2D eigenvalue weighted by atomic mass is 16.4. The standard InChI is InChI=1S/C20H36N8O6/c1-10(2)15(22)18(32)28-8-4-6-13(28)17(31)26-11(5-3-7-25-20(23)24)16(30)27-12(19(33)34)9-14(21)29/h10-13,15H,3-9,22H2,1-2H3,(H2,21,29)(H,26,31)(H,27,30)(H,33,34)(H4,23,24,25). The number of carbonyl (C=O) groups excluding carboxylic acids is 4. The number of carbonyl (C=O) groups is 5. The van der Waals surface area contributed by atoms with Gasteiger partial charge in [-0.25, -0.2) is 4.79 Å². The summed E-state index contributed by atoms with van der Waals surface area (Å²) in [5.74, 6) is -4.36. The largest absolute Gasteiger partial charge is 0.480 e. The molecule has 192 valence electrons. The molecule has 11 N–H and O–H groups in total. The lowest BCUT2D eigenvalue weighted by Gasteiger charge is -2.29. The van der Waals surface area contributed by atoms with E-state index in [1.165, 1.54) is 4.90 Å². The Balaban J connectivity index is 2.98. The summed E-state index contributed by atoms with van der Waals surface area (Å²) in [5.41, 5.74) is 21.6. The van der Waals surface area contributed by atoms with E-state index < -0.39 is 54.3 Å². The Bertz CT molecular complexity index is 798. The van der Waals surface area contributed by atoms with Crippen LogP contribution >= 0.6 is 0 Å². The molecule has 4 unspecified atom stereocenters. The second-order valence-electron chi connectivity index (χ2n) is 8.54. The summed E-state index contributed by atoms with van der Waals surface area (Å²) >= 11 is 0. The Labute approximate surface area is 197 Å². The molecule has 0 bridgehead atoms. The lowest BCUT2D eigenvalue weighted by atomic mass is 10.0. The van der Waals surface area contributed by atoms with Gasteiger partial charge in [-0.05, 0) is 31.6 Å². The van der Waals surface area contributed by atoms with E-state index in [1.54, 1.807) is 13.8 Å². The molecule has 4 atom stereocenters. The quantitative estimate of drug-likeness (QED) is 0.0795. The average Bonchev–Trinajstić information content (AvgIpc) is 3.23. The molecule has 0 aromatic heterocycles. The second kappa shape index (κ2) is 13.3. The molecule has 0 radical (unpaired) electrons. The van der Waals surface area contributed by atoms with Crippen LogP contribution in [-0.2, 0) is 24.0 Å². The van der Waals surface area contributed by atoms with Gasteiger partial charge in [0.1, 0.15) is 18.1 Å². The minimum atomic E-state index is -1.56. The number of nitrogens with two attached hydrogens (primary N) is 4. The number of aliphatic imine (C=N–C) groups is 1. The van der Waals surface area contributed by atoms with Crippen molar-refractivity contribution in [3.63, 3.8) is 0 Å². The van der Waals surface area contributed by atoms with Crippen LogP contribution in [0.1, 0.15) is 46.0 Å². The van der Waals surface area contributed by atoms with Gasteiger partial charge in [0.15, 0.2) is 5.96 Å². The maximum atomic E-state index is 13.0. The molecule has 0 aromatic carbocycles. The normalized spacial score (nSPS) is 18.0. The van der Waals surface area contributed by atoms with Crippen molar-refractivity contribution in [2.75, 3.05) is 13.1 Å². The van der Waals surface area contributed by atoms with Crippen molar-refractivity contribution in [3.8, 4) is 0 Å². The lowest BCUT2D eigenvalue weighted by Crippen LogP contribution is -2.57. The molecule has 0 aromatic rings. The highest BCUT2D eigenvalue weighted by Crippen LogP contribution is 2.20. The van der Waals surface area contributed by atoms with Crippen LogP contribution in [0.15, 0.2) is 4.99 Å². The number of hydrogen-bond acceptors (Lipinski definition) is 7. The Morgan fingerprint density at radius 1 is 1.09 bits per heavy atom. The molecular formula is C20H36N8O6. The van der Waals surface area contributed by atoms with Gasteiger partial charge in [-0.2, -0.15) is 0 Å². The Morgan fingerprint density at radius 2 is 1.74 bits per heavy atom. The van der Waals surface area contributed by atoms with Gasteiger partial charge in [0.25, 0.3) is 0 Å². The van der Waals surface area contributed by atoms with Crippen LogP contribution in [-0.4, -0.2) is 82.8 Å².